The number of aromatic nitrogens is 1. The molecule has 0 bridgehead atoms. The normalized spacial score (nSPS) is 23.9. The minimum absolute atomic E-state index is 0.0818. The summed E-state index contributed by atoms with van der Waals surface area (Å²) >= 11 is 0. The molecule has 1 saturated heterocycles. The molecule has 12 heteroatoms. The number of para-hydroxylation sites is 2. The van der Waals surface area contributed by atoms with Crippen LogP contribution in [0.5, 0.6) is 0 Å². The van der Waals surface area contributed by atoms with Gasteiger partial charge < -0.3 is 20.4 Å². The van der Waals surface area contributed by atoms with Crippen LogP contribution in [0.2, 0.25) is 0 Å². The predicted molar refractivity (Wildman–Crippen MR) is 154 cm³/mol. The molecule has 3 aliphatic rings. The van der Waals surface area contributed by atoms with Gasteiger partial charge in [0, 0.05) is 12.5 Å². The van der Waals surface area contributed by atoms with E-state index in [2.05, 4.69) is 21.1 Å². The Hall–Kier alpha value is -3.41. The molecule has 222 valence electrons. The largest absolute Gasteiger partial charge is 0.424 e. The highest BCUT2D eigenvalue weighted by Crippen LogP contribution is 2.44. The van der Waals surface area contributed by atoms with E-state index in [1.54, 1.807) is 11.8 Å². The fraction of sp³-hybridized carbons (Fsp3) is 0.586. The van der Waals surface area contributed by atoms with Crippen LogP contribution >= 0.6 is 0 Å². The van der Waals surface area contributed by atoms with Gasteiger partial charge in [-0.2, -0.15) is 4.98 Å². The number of nitrogens with two attached hydrogens (primary N) is 1. The second-order valence-corrected chi connectivity index (χ2v) is 14.0. The van der Waals surface area contributed by atoms with Crippen molar-refractivity contribution < 1.29 is 27.2 Å². The molecule has 2 aromatic rings. The Labute approximate surface area is 240 Å². The van der Waals surface area contributed by atoms with Crippen LogP contribution in [0.15, 0.2) is 40.8 Å². The van der Waals surface area contributed by atoms with Crippen LogP contribution < -0.4 is 15.8 Å². The summed E-state index contributed by atoms with van der Waals surface area (Å²) in [6, 6.07) is 6.45. The number of allylic oxidation sites excluding steroid dienone is 2. The van der Waals surface area contributed by atoms with Crippen LogP contribution in [0, 0.1) is 11.8 Å². The van der Waals surface area contributed by atoms with Crippen molar-refractivity contribution >= 4 is 44.9 Å². The van der Waals surface area contributed by atoms with Crippen molar-refractivity contribution in [2.24, 2.45) is 17.6 Å². The fourth-order valence-corrected chi connectivity index (χ4v) is 6.73. The first kappa shape index (κ1) is 29.1. The highest BCUT2D eigenvalue weighted by atomic mass is 32.2. The summed E-state index contributed by atoms with van der Waals surface area (Å²) in [5, 5.41) is 3.16. The van der Waals surface area contributed by atoms with E-state index in [1.165, 1.54) is 0 Å². The van der Waals surface area contributed by atoms with Gasteiger partial charge in [0.05, 0.1) is 4.75 Å². The quantitative estimate of drug-likeness (QED) is 0.225. The zero-order valence-corrected chi connectivity index (χ0v) is 24.2. The van der Waals surface area contributed by atoms with E-state index in [1.807, 2.05) is 30.3 Å². The number of likely N-dealkylation sites (tertiary alicyclic amines) is 1. The molecule has 0 radical (unpaired) electrons. The molecule has 0 spiro atoms. The summed E-state index contributed by atoms with van der Waals surface area (Å²) in [6.07, 6.45) is 11.2. The lowest BCUT2D eigenvalue weighted by molar-refractivity contribution is -0.138. The number of nitrogens with zero attached hydrogens (tertiary/aromatic N) is 2. The number of benzene rings is 1. The molecule has 2 aliphatic carbocycles. The standard InChI is InChI=1S/C29H39N5O6S/c1-29(15-16-29)41(38,39)33-26(36)20-18-19(20)10-5-3-2-4-6-12-22(27(37)34-17-9-13-23(34)25(30)35)32-28-31-21-11-7-8-14-24(21)40-28/h5,7-8,10-11,14,19-20,22-23H,2-4,6,9,12-13,15-18H2,1H3,(H2,30,35)(H,31,32)(H,33,36)/b10-5-/t19-,20+,22+,23+/m1/s1. The van der Waals surface area contributed by atoms with Gasteiger partial charge in [0.1, 0.15) is 17.6 Å². The second kappa shape index (κ2) is 11.8. The molecule has 4 atom stereocenters. The Morgan fingerprint density at radius 2 is 2.00 bits per heavy atom. The van der Waals surface area contributed by atoms with Gasteiger partial charge in [0.25, 0.3) is 6.01 Å². The van der Waals surface area contributed by atoms with Crippen molar-refractivity contribution in [2.75, 3.05) is 11.9 Å². The molecule has 2 heterocycles. The SMILES string of the molecule is CC1(S(=O)(=O)NC(=O)[C@H]2C[C@H]2/C=C\CCCCC[C@H](Nc2nc3ccccc3o2)C(=O)N2CCC[C@H]2C(N)=O)CC1. The van der Waals surface area contributed by atoms with Gasteiger partial charge in [-0.05, 0) is 76.3 Å². The van der Waals surface area contributed by atoms with Crippen molar-refractivity contribution in [1.82, 2.24) is 14.6 Å². The topological polar surface area (TPSA) is 165 Å². The van der Waals surface area contributed by atoms with Gasteiger partial charge in [-0.15, -0.1) is 0 Å². The summed E-state index contributed by atoms with van der Waals surface area (Å²) in [7, 11) is -3.59. The van der Waals surface area contributed by atoms with E-state index < -0.39 is 38.7 Å². The Bertz CT molecular complexity index is 1400. The molecule has 11 nitrogen and oxygen atoms in total. The molecule has 1 aromatic carbocycles. The van der Waals surface area contributed by atoms with Gasteiger partial charge in [0.2, 0.25) is 27.7 Å². The molecule has 4 N–H and O–H groups in total. The van der Waals surface area contributed by atoms with Crippen molar-refractivity contribution in [1.29, 1.82) is 0 Å². The average molecular weight is 586 g/mol. The maximum absolute atomic E-state index is 13.5. The molecular weight excluding hydrogens is 546 g/mol. The number of sulfonamides is 1. The summed E-state index contributed by atoms with van der Waals surface area (Å²) in [5.41, 5.74) is 6.87. The highest BCUT2D eigenvalue weighted by molar-refractivity contribution is 7.91. The van der Waals surface area contributed by atoms with Crippen molar-refractivity contribution in [3.8, 4) is 0 Å². The zero-order valence-electron chi connectivity index (χ0n) is 23.4. The van der Waals surface area contributed by atoms with Crippen LogP contribution in [-0.4, -0.2) is 59.4 Å². The van der Waals surface area contributed by atoms with Gasteiger partial charge in [0.15, 0.2) is 5.58 Å². The first-order valence-electron chi connectivity index (χ1n) is 14.5. The minimum atomic E-state index is -3.59. The van der Waals surface area contributed by atoms with E-state index in [0.717, 1.165) is 32.1 Å². The smallest absolute Gasteiger partial charge is 0.296 e. The molecule has 1 aromatic heterocycles. The summed E-state index contributed by atoms with van der Waals surface area (Å²) in [5.74, 6) is -1.26. The molecule has 3 fully saturated rings. The molecule has 3 amide bonds. The number of carbonyl (C=O) groups is 3. The van der Waals surface area contributed by atoms with Gasteiger partial charge in [-0.3, -0.25) is 19.1 Å². The maximum Gasteiger partial charge on any atom is 0.296 e. The number of hydrogen-bond acceptors (Lipinski definition) is 8. The second-order valence-electron chi connectivity index (χ2n) is 11.8. The Morgan fingerprint density at radius 3 is 2.73 bits per heavy atom. The molecule has 41 heavy (non-hydrogen) atoms. The number of primary amides is 1. The van der Waals surface area contributed by atoms with Crippen molar-refractivity contribution in [3.63, 3.8) is 0 Å². The summed E-state index contributed by atoms with van der Waals surface area (Å²) in [6.45, 7) is 2.16. The van der Waals surface area contributed by atoms with Crippen LogP contribution in [0.25, 0.3) is 11.1 Å². The lowest BCUT2D eigenvalue weighted by Crippen LogP contribution is -2.49. The predicted octanol–water partition coefficient (Wildman–Crippen LogP) is 3.23. The summed E-state index contributed by atoms with van der Waals surface area (Å²) < 4.78 is 31.8. The Balaban J connectivity index is 1.08. The lowest BCUT2D eigenvalue weighted by atomic mass is 10.0. The van der Waals surface area contributed by atoms with Gasteiger partial charge in [-0.1, -0.05) is 37.1 Å². The maximum atomic E-state index is 13.5. The third-order valence-corrected chi connectivity index (χ3v) is 10.7. The molecule has 2 saturated carbocycles. The molecular formula is C29H39N5O6S. The third-order valence-electron chi connectivity index (χ3n) is 8.52. The van der Waals surface area contributed by atoms with Crippen molar-refractivity contribution in [3.05, 3.63) is 36.4 Å². The van der Waals surface area contributed by atoms with E-state index in [-0.39, 0.29) is 23.8 Å². The van der Waals surface area contributed by atoms with E-state index >= 15 is 0 Å². The van der Waals surface area contributed by atoms with Crippen LogP contribution in [0.3, 0.4) is 0 Å². The number of oxazole rings is 1. The first-order chi connectivity index (χ1) is 19.6. The monoisotopic (exact) mass is 585 g/mol. The van der Waals surface area contributed by atoms with Crippen LogP contribution in [0.1, 0.15) is 71.1 Å². The number of hydrogen-bond donors (Lipinski definition) is 3. The average Bonchev–Trinajstić information content (AvgIpc) is 3.77. The number of anilines is 1. The lowest BCUT2D eigenvalue weighted by Gasteiger charge is -2.27. The summed E-state index contributed by atoms with van der Waals surface area (Å²) in [4.78, 5) is 43.7. The van der Waals surface area contributed by atoms with Crippen LogP contribution in [0.4, 0.5) is 6.01 Å². The third kappa shape index (κ3) is 6.74. The number of rotatable bonds is 14. The molecule has 1 aliphatic heterocycles. The highest BCUT2D eigenvalue weighted by Gasteiger charge is 2.52. The fourth-order valence-electron chi connectivity index (χ4n) is 5.43. The zero-order chi connectivity index (χ0) is 29.2. The van der Waals surface area contributed by atoms with Crippen LogP contribution in [-0.2, 0) is 24.4 Å². The molecule has 5 rings (SSSR count). The molecule has 0 unspecified atom stereocenters. The van der Waals surface area contributed by atoms with E-state index in [9.17, 15) is 22.8 Å². The Morgan fingerprint density at radius 1 is 1.22 bits per heavy atom. The number of unbranched alkanes of at least 4 members (excludes halogenated alkanes) is 3. The first-order valence-corrected chi connectivity index (χ1v) is 16.0. The number of amides is 3. The Kier molecular flexibility index (Phi) is 8.40. The van der Waals surface area contributed by atoms with Gasteiger partial charge in [-0.25, -0.2) is 8.42 Å². The minimum Gasteiger partial charge on any atom is -0.424 e. The van der Waals surface area contributed by atoms with E-state index in [4.69, 9.17) is 10.2 Å². The number of fused-ring (bicyclic) bond motifs is 1. The van der Waals surface area contributed by atoms with E-state index in [0.29, 0.717) is 49.7 Å². The number of carbonyl (C=O) groups excluding carboxylic acids is 3. The van der Waals surface area contributed by atoms with Gasteiger partial charge >= 0.3 is 0 Å². The number of nitrogens with one attached hydrogen (secondary N) is 2. The van der Waals surface area contributed by atoms with Crippen molar-refractivity contribution in [2.45, 2.75) is 88.0 Å².